The van der Waals surface area contributed by atoms with E-state index in [0.29, 0.717) is 38.2 Å². The summed E-state index contributed by atoms with van der Waals surface area (Å²) in [7, 11) is 0. The van der Waals surface area contributed by atoms with Crippen LogP contribution in [-0.2, 0) is 25.6 Å². The number of piperidine rings is 1. The zero-order valence-corrected chi connectivity index (χ0v) is 23.7. The molecule has 0 unspecified atom stereocenters. The van der Waals surface area contributed by atoms with Gasteiger partial charge < -0.3 is 25.0 Å². The zero-order chi connectivity index (χ0) is 28.9. The van der Waals surface area contributed by atoms with Crippen LogP contribution in [0.25, 0.3) is 0 Å². The SMILES string of the molecule is CC(C)(C)OC(=O)N(CCOCCC#Cc1cccc2c1CN([C@H]1CCC(=O)NC1=O)C2=O)C1CCC(N)CC1. The van der Waals surface area contributed by atoms with Crippen LogP contribution in [0.2, 0.25) is 0 Å². The van der Waals surface area contributed by atoms with Crippen molar-refractivity contribution >= 4 is 23.8 Å². The summed E-state index contributed by atoms with van der Waals surface area (Å²) in [5, 5.41) is 2.32. The number of carbonyl (C=O) groups excluding carboxylic acids is 4. The van der Waals surface area contributed by atoms with Gasteiger partial charge in [-0.1, -0.05) is 17.9 Å². The fourth-order valence-electron chi connectivity index (χ4n) is 5.41. The molecule has 0 aromatic heterocycles. The van der Waals surface area contributed by atoms with E-state index in [1.165, 1.54) is 4.90 Å². The summed E-state index contributed by atoms with van der Waals surface area (Å²) < 4.78 is 11.4. The van der Waals surface area contributed by atoms with Crippen molar-refractivity contribution < 1.29 is 28.7 Å². The molecule has 0 radical (unpaired) electrons. The average Bonchev–Trinajstić information content (AvgIpc) is 3.22. The molecule has 216 valence electrons. The van der Waals surface area contributed by atoms with E-state index in [1.54, 1.807) is 17.0 Å². The largest absolute Gasteiger partial charge is 0.444 e. The smallest absolute Gasteiger partial charge is 0.410 e. The second kappa shape index (κ2) is 12.8. The molecule has 2 fully saturated rings. The van der Waals surface area contributed by atoms with Crippen LogP contribution in [0.5, 0.6) is 0 Å². The number of nitrogens with one attached hydrogen (secondary N) is 1. The molecule has 1 aromatic carbocycles. The van der Waals surface area contributed by atoms with Crippen LogP contribution in [-0.4, -0.2) is 77.1 Å². The van der Waals surface area contributed by atoms with E-state index >= 15 is 0 Å². The number of ether oxygens (including phenoxy) is 2. The normalized spacial score (nSPS) is 22.8. The van der Waals surface area contributed by atoms with Gasteiger partial charge in [0, 0.05) is 49.1 Å². The van der Waals surface area contributed by atoms with Gasteiger partial charge in [-0.3, -0.25) is 19.7 Å². The maximum Gasteiger partial charge on any atom is 0.410 e. The Labute approximate surface area is 235 Å². The molecular weight excluding hydrogens is 512 g/mol. The first-order chi connectivity index (χ1) is 19.0. The van der Waals surface area contributed by atoms with Crippen LogP contribution in [0.1, 0.15) is 87.2 Å². The van der Waals surface area contributed by atoms with Gasteiger partial charge in [0.15, 0.2) is 0 Å². The standard InChI is InChI=1S/C30H40N4O6/c1-30(2,3)40-29(38)33(22-12-10-21(31)11-13-22)16-18-39-17-5-4-7-20-8-6-9-23-24(20)19-34(28(23)37)25-14-15-26(35)32-27(25)36/h6,8-9,21-22,25H,5,10-19,31H2,1-3H3,(H,32,35,36)/t21?,22?,25-/m0/s1. The number of nitrogens with two attached hydrogens (primary N) is 1. The number of carbonyl (C=O) groups is 4. The lowest BCUT2D eigenvalue weighted by Crippen LogP contribution is -2.52. The lowest BCUT2D eigenvalue weighted by Gasteiger charge is -2.36. The monoisotopic (exact) mass is 552 g/mol. The molecule has 2 heterocycles. The Hall–Kier alpha value is -3.42. The summed E-state index contributed by atoms with van der Waals surface area (Å²) in [5.41, 5.74) is 7.56. The summed E-state index contributed by atoms with van der Waals surface area (Å²) in [5.74, 6) is 5.31. The zero-order valence-electron chi connectivity index (χ0n) is 23.7. The number of hydrogen-bond acceptors (Lipinski definition) is 7. The molecule has 1 aliphatic carbocycles. The van der Waals surface area contributed by atoms with Crippen molar-refractivity contribution in [3.05, 3.63) is 34.9 Å². The number of rotatable bonds is 7. The second-order valence-corrected chi connectivity index (χ2v) is 11.6. The van der Waals surface area contributed by atoms with Gasteiger partial charge in [-0.2, -0.15) is 0 Å². The number of benzene rings is 1. The highest BCUT2D eigenvalue weighted by atomic mass is 16.6. The molecule has 0 bridgehead atoms. The Bertz CT molecular complexity index is 1190. The molecule has 3 N–H and O–H groups in total. The topological polar surface area (TPSA) is 131 Å². The molecule has 10 nitrogen and oxygen atoms in total. The van der Waals surface area contributed by atoms with Crippen molar-refractivity contribution in [1.29, 1.82) is 0 Å². The van der Waals surface area contributed by atoms with Gasteiger partial charge in [-0.05, 0) is 70.6 Å². The lowest BCUT2D eigenvalue weighted by atomic mass is 9.91. The molecule has 0 spiro atoms. The van der Waals surface area contributed by atoms with E-state index in [9.17, 15) is 19.2 Å². The minimum absolute atomic E-state index is 0.0978. The highest BCUT2D eigenvalue weighted by Gasteiger charge is 2.39. The van der Waals surface area contributed by atoms with Gasteiger partial charge in [0.25, 0.3) is 5.91 Å². The highest BCUT2D eigenvalue weighted by Crippen LogP contribution is 2.29. The van der Waals surface area contributed by atoms with Crippen molar-refractivity contribution in [2.75, 3.05) is 19.8 Å². The molecular formula is C30H40N4O6. The quantitative estimate of drug-likeness (QED) is 0.302. The molecule has 1 atom stereocenters. The predicted octanol–water partition coefficient (Wildman–Crippen LogP) is 2.71. The van der Waals surface area contributed by atoms with Crippen molar-refractivity contribution in [3.8, 4) is 11.8 Å². The molecule has 40 heavy (non-hydrogen) atoms. The molecule has 1 aromatic rings. The van der Waals surface area contributed by atoms with E-state index in [4.69, 9.17) is 15.2 Å². The van der Waals surface area contributed by atoms with Crippen molar-refractivity contribution in [2.24, 2.45) is 5.73 Å². The molecule has 4 amide bonds. The summed E-state index contributed by atoms with van der Waals surface area (Å²) >= 11 is 0. The van der Waals surface area contributed by atoms with Gasteiger partial charge in [0.05, 0.1) is 13.2 Å². The third kappa shape index (κ3) is 7.40. The second-order valence-electron chi connectivity index (χ2n) is 11.6. The first-order valence-corrected chi connectivity index (χ1v) is 14.1. The van der Waals surface area contributed by atoms with E-state index in [-0.39, 0.29) is 43.0 Å². The first kappa shape index (κ1) is 29.6. The summed E-state index contributed by atoms with van der Waals surface area (Å²) in [6.45, 7) is 7.08. The first-order valence-electron chi connectivity index (χ1n) is 14.1. The molecule has 2 aliphatic heterocycles. The van der Waals surface area contributed by atoms with Crippen LogP contribution in [0.15, 0.2) is 18.2 Å². The van der Waals surface area contributed by atoms with Gasteiger partial charge in [0.1, 0.15) is 11.6 Å². The van der Waals surface area contributed by atoms with Crippen LogP contribution in [0.3, 0.4) is 0 Å². The fraction of sp³-hybridized carbons (Fsp3) is 0.600. The predicted molar refractivity (Wildman–Crippen MR) is 148 cm³/mol. The fourth-order valence-corrected chi connectivity index (χ4v) is 5.41. The van der Waals surface area contributed by atoms with Crippen molar-refractivity contribution in [3.63, 3.8) is 0 Å². The number of imide groups is 1. The summed E-state index contributed by atoms with van der Waals surface area (Å²) in [6, 6.07) is 5.03. The third-order valence-electron chi connectivity index (χ3n) is 7.46. The number of fused-ring (bicyclic) bond motifs is 1. The molecule has 10 heteroatoms. The van der Waals surface area contributed by atoms with Gasteiger partial charge >= 0.3 is 6.09 Å². The highest BCUT2D eigenvalue weighted by molar-refractivity contribution is 6.05. The molecule has 1 saturated heterocycles. The maximum absolute atomic E-state index is 13.0. The van der Waals surface area contributed by atoms with E-state index in [1.807, 2.05) is 26.8 Å². The van der Waals surface area contributed by atoms with Crippen molar-refractivity contribution in [2.45, 2.75) is 96.0 Å². The Balaban J connectivity index is 1.28. The minimum Gasteiger partial charge on any atom is -0.444 e. The van der Waals surface area contributed by atoms with Gasteiger partial charge in [-0.25, -0.2) is 4.79 Å². The Morgan fingerprint density at radius 2 is 1.88 bits per heavy atom. The van der Waals surface area contributed by atoms with E-state index in [2.05, 4.69) is 17.2 Å². The molecule has 3 aliphatic rings. The maximum atomic E-state index is 13.0. The molecule has 1 saturated carbocycles. The Morgan fingerprint density at radius 1 is 1.12 bits per heavy atom. The summed E-state index contributed by atoms with van der Waals surface area (Å²) in [4.78, 5) is 53.0. The minimum atomic E-state index is -0.655. The third-order valence-corrected chi connectivity index (χ3v) is 7.46. The van der Waals surface area contributed by atoms with Crippen molar-refractivity contribution in [1.82, 2.24) is 15.1 Å². The lowest BCUT2D eigenvalue weighted by molar-refractivity contribution is -0.136. The van der Waals surface area contributed by atoms with Crippen LogP contribution in [0, 0.1) is 11.8 Å². The van der Waals surface area contributed by atoms with E-state index in [0.717, 1.165) is 36.8 Å². The Morgan fingerprint density at radius 3 is 2.58 bits per heavy atom. The van der Waals surface area contributed by atoms with Crippen LogP contribution >= 0.6 is 0 Å². The van der Waals surface area contributed by atoms with Gasteiger partial charge in [-0.15, -0.1) is 0 Å². The van der Waals surface area contributed by atoms with E-state index < -0.39 is 17.6 Å². The van der Waals surface area contributed by atoms with Gasteiger partial charge in [0.2, 0.25) is 11.8 Å². The summed E-state index contributed by atoms with van der Waals surface area (Å²) in [6.07, 6.45) is 4.19. The average molecular weight is 553 g/mol. The van der Waals surface area contributed by atoms with Crippen LogP contribution < -0.4 is 11.1 Å². The number of nitrogens with zero attached hydrogens (tertiary/aromatic N) is 2. The molecule has 4 rings (SSSR count). The Kier molecular flexibility index (Phi) is 9.48. The van der Waals surface area contributed by atoms with Crippen LogP contribution in [0.4, 0.5) is 4.79 Å². The number of amides is 4. The number of hydrogen-bond donors (Lipinski definition) is 2.